The fraction of sp³-hybridized carbons (Fsp3) is 0.702. The van der Waals surface area contributed by atoms with Gasteiger partial charge in [0.15, 0.2) is 6.29 Å². The first-order chi connectivity index (χ1) is 31.8. The number of hydrogen-bond acceptors (Lipinski definition) is 8. The fourth-order valence-electron chi connectivity index (χ4n) is 10.0. The number of nitrogens with one attached hydrogen (secondary N) is 3. The lowest BCUT2D eigenvalue weighted by Crippen LogP contribution is -2.46. The van der Waals surface area contributed by atoms with Gasteiger partial charge < -0.3 is 29.9 Å². The van der Waals surface area contributed by atoms with Crippen LogP contribution in [0.3, 0.4) is 0 Å². The summed E-state index contributed by atoms with van der Waals surface area (Å²) in [5.41, 5.74) is -4.31. The zero-order valence-electron chi connectivity index (χ0n) is 38.3. The van der Waals surface area contributed by atoms with Crippen LogP contribution in [0, 0.1) is 5.82 Å². The molecule has 1 aliphatic heterocycles. The Labute approximate surface area is 388 Å². The van der Waals surface area contributed by atoms with Crippen molar-refractivity contribution in [2.24, 2.45) is 0 Å². The summed E-state index contributed by atoms with van der Waals surface area (Å²) in [5.74, 6) is -0.775. The summed E-state index contributed by atoms with van der Waals surface area (Å²) in [4.78, 5) is 34.3. The average Bonchev–Trinajstić information content (AvgIpc) is 3.68. The molecule has 67 heavy (non-hydrogen) atoms. The van der Waals surface area contributed by atoms with E-state index >= 15 is 0 Å². The Morgan fingerprint density at radius 2 is 1.18 bits per heavy atom. The number of halogens is 7. The van der Waals surface area contributed by atoms with Crippen LogP contribution in [-0.2, 0) is 32.9 Å². The van der Waals surface area contributed by atoms with Crippen LogP contribution in [0.1, 0.15) is 176 Å². The summed E-state index contributed by atoms with van der Waals surface area (Å²) in [6, 6.07) is 8.50. The highest BCUT2D eigenvalue weighted by atomic mass is 31.2. The van der Waals surface area contributed by atoms with Crippen LogP contribution < -0.4 is 16.3 Å². The molecule has 1 unspecified atom stereocenters. The van der Waals surface area contributed by atoms with Gasteiger partial charge >= 0.3 is 25.8 Å². The molecular weight excluding hydrogens is 909 g/mol. The van der Waals surface area contributed by atoms with E-state index in [4.69, 9.17) is 9.47 Å². The number of morpholine rings is 1. The van der Waals surface area contributed by atoms with E-state index in [1.54, 1.807) is 4.90 Å². The topological polar surface area (TPSA) is 154 Å². The molecule has 5 N–H and O–H groups in total. The van der Waals surface area contributed by atoms with Gasteiger partial charge in [-0.15, -0.1) is 9.55 Å². The Morgan fingerprint density at radius 3 is 1.57 bits per heavy atom. The summed E-state index contributed by atoms with van der Waals surface area (Å²) in [5, 5.41) is 11.3. The lowest BCUT2D eigenvalue weighted by atomic mass is 9.91. The zero-order valence-corrected chi connectivity index (χ0v) is 39.2. The van der Waals surface area contributed by atoms with Crippen LogP contribution in [-0.4, -0.2) is 72.8 Å². The van der Waals surface area contributed by atoms with E-state index in [0.717, 1.165) is 36.3 Å². The third-order valence-corrected chi connectivity index (χ3v) is 14.3. The van der Waals surface area contributed by atoms with Crippen molar-refractivity contribution in [3.8, 4) is 0 Å². The second kappa shape index (κ2) is 24.6. The molecule has 0 bridgehead atoms. The van der Waals surface area contributed by atoms with Crippen LogP contribution in [0.2, 0.25) is 0 Å². The van der Waals surface area contributed by atoms with Crippen LogP contribution in [0.25, 0.3) is 0 Å². The second-order valence-corrected chi connectivity index (χ2v) is 20.2. The minimum Gasteiger partial charge on any atom is -0.349 e. The number of benzene rings is 2. The molecule has 4 saturated carbocycles. The van der Waals surface area contributed by atoms with Gasteiger partial charge in [-0.05, 0) is 99.7 Å². The third-order valence-electron chi connectivity index (χ3n) is 13.6. The van der Waals surface area contributed by atoms with Gasteiger partial charge in [-0.25, -0.2) is 13.8 Å². The standard InChI is InChI=1S/C23H22F7N4O6P.2C12H23N/c1-12(14-8-15(22(25,26)27)10-16(9-14)23(28,29)30)40-20-19(13-2-4-17(24)5-3-13)33(6-7-39-20)11-18-31-21(35)34(32-18)41(36,37)38;2*1-3-7-11(8-4-1)13-12-9-5-2-6-10-12/h2-5,8-10,12,19-20H,6-7,11H2,1H3,(H,31,32,35)(H2,36,37,38);2*11-13H,1-10H2/t12-,19+,20?;;/m1../s1. The molecule has 2 heterocycles. The van der Waals surface area contributed by atoms with Crippen LogP contribution in [0.4, 0.5) is 30.7 Å². The smallest absolute Gasteiger partial charge is 0.349 e. The lowest BCUT2D eigenvalue weighted by molar-refractivity contribution is -0.231. The molecule has 0 amide bonds. The van der Waals surface area contributed by atoms with E-state index in [-0.39, 0.29) is 36.0 Å². The summed E-state index contributed by atoms with van der Waals surface area (Å²) < 4.78 is 117. The molecule has 20 heteroatoms. The number of alkyl halides is 6. The quantitative estimate of drug-likeness (QED) is 0.0927. The first-order valence-electron chi connectivity index (χ1n) is 24.2. The maximum absolute atomic E-state index is 13.7. The van der Waals surface area contributed by atoms with Crippen molar-refractivity contribution in [1.29, 1.82) is 0 Å². The molecule has 0 radical (unpaired) electrons. The van der Waals surface area contributed by atoms with Crippen LogP contribution in [0.5, 0.6) is 0 Å². The van der Waals surface area contributed by atoms with Crippen molar-refractivity contribution in [2.45, 2.75) is 197 Å². The van der Waals surface area contributed by atoms with Gasteiger partial charge in [0.05, 0.1) is 36.4 Å². The van der Waals surface area contributed by atoms with Crippen molar-refractivity contribution in [2.75, 3.05) is 13.2 Å². The predicted molar refractivity (Wildman–Crippen MR) is 239 cm³/mol. The van der Waals surface area contributed by atoms with Gasteiger partial charge in [0.1, 0.15) is 11.6 Å². The average molecular weight is 977 g/mol. The van der Waals surface area contributed by atoms with Gasteiger partial charge in [0.2, 0.25) is 0 Å². The molecule has 8 rings (SSSR count). The monoisotopic (exact) mass is 976 g/mol. The molecule has 12 nitrogen and oxygen atoms in total. The summed E-state index contributed by atoms with van der Waals surface area (Å²) in [6.07, 6.45) is 16.3. The zero-order chi connectivity index (χ0) is 48.2. The molecule has 0 spiro atoms. The number of aromatic nitrogens is 3. The highest BCUT2D eigenvalue weighted by Gasteiger charge is 2.40. The Bertz CT molecular complexity index is 1960. The number of rotatable bonds is 11. The number of H-pyrrole nitrogens is 1. The van der Waals surface area contributed by atoms with Gasteiger partial charge in [-0.2, -0.15) is 26.3 Å². The van der Waals surface area contributed by atoms with Gasteiger partial charge in [0, 0.05) is 30.7 Å². The Kier molecular flexibility index (Phi) is 19.5. The highest BCUT2D eigenvalue weighted by Crippen LogP contribution is 2.40. The molecule has 2 aromatic carbocycles. The van der Waals surface area contributed by atoms with Gasteiger partial charge in [-0.1, -0.05) is 89.2 Å². The normalized spacial score (nSPS) is 22.9. The van der Waals surface area contributed by atoms with E-state index in [0.29, 0.717) is 17.7 Å². The van der Waals surface area contributed by atoms with E-state index in [9.17, 15) is 49.9 Å². The molecular formula is C47H68F7N6O6P. The SMILES string of the molecule is C1CCC(NC2CCCCC2)CC1.C1CCC(NC2CCCCC2)CC1.C[C@@H](OC1OCCN(Cc2nn(P(=O)(O)O)c(=O)[nH]2)[C@H]1c1ccc(F)cc1)c1cc(C(F)(F)F)cc(C(F)(F)F)c1. The lowest BCUT2D eigenvalue weighted by Gasteiger charge is -2.41. The predicted octanol–water partition coefficient (Wildman–Crippen LogP) is 10.8. The van der Waals surface area contributed by atoms with Crippen molar-refractivity contribution >= 4 is 7.75 Å². The third kappa shape index (κ3) is 16.5. The molecule has 376 valence electrons. The van der Waals surface area contributed by atoms with Crippen molar-refractivity contribution in [1.82, 2.24) is 30.1 Å². The van der Waals surface area contributed by atoms with E-state index in [2.05, 4.69) is 20.7 Å². The van der Waals surface area contributed by atoms with Gasteiger partial charge in [0.25, 0.3) is 0 Å². The minimum absolute atomic E-state index is 0.00603. The Morgan fingerprint density at radius 1 is 0.746 bits per heavy atom. The number of aromatic amines is 1. The molecule has 1 aromatic heterocycles. The number of hydrogen-bond donors (Lipinski definition) is 5. The first-order valence-corrected chi connectivity index (χ1v) is 25.7. The van der Waals surface area contributed by atoms with Crippen molar-refractivity contribution in [3.05, 3.63) is 86.8 Å². The Balaban J connectivity index is 0.000000227. The molecule has 3 aromatic rings. The number of ether oxygens (including phenoxy) is 2. The minimum atomic E-state index is -5.07. The van der Waals surface area contributed by atoms with E-state index < -0.39 is 66.7 Å². The summed E-state index contributed by atoms with van der Waals surface area (Å²) in [7, 11) is -5.07. The van der Waals surface area contributed by atoms with E-state index in [1.165, 1.54) is 147 Å². The Hall–Kier alpha value is -3.16. The molecule has 1 saturated heterocycles. The molecule has 5 aliphatic rings. The largest absolute Gasteiger partial charge is 0.454 e. The number of nitrogens with zero attached hydrogens (tertiary/aromatic N) is 3. The van der Waals surface area contributed by atoms with E-state index in [1.807, 2.05) is 0 Å². The maximum Gasteiger partial charge on any atom is 0.454 e. The molecule has 3 atom stereocenters. The van der Waals surface area contributed by atoms with Crippen molar-refractivity contribution in [3.63, 3.8) is 0 Å². The highest BCUT2D eigenvalue weighted by molar-refractivity contribution is 7.49. The van der Waals surface area contributed by atoms with Crippen molar-refractivity contribution < 1.29 is 54.6 Å². The second-order valence-electron chi connectivity index (χ2n) is 18.8. The molecule has 4 aliphatic carbocycles. The summed E-state index contributed by atoms with van der Waals surface area (Å²) in [6.45, 7) is 1.04. The maximum atomic E-state index is 13.7. The van der Waals surface area contributed by atoms with Gasteiger partial charge in [-0.3, -0.25) is 9.88 Å². The van der Waals surface area contributed by atoms with Crippen LogP contribution in [0.15, 0.2) is 47.3 Å². The summed E-state index contributed by atoms with van der Waals surface area (Å²) >= 11 is 0. The first kappa shape index (κ1) is 53.2. The van der Waals surface area contributed by atoms with Crippen LogP contribution >= 0.6 is 7.75 Å². The fourth-order valence-corrected chi connectivity index (χ4v) is 10.6. The molecule has 5 fully saturated rings.